The van der Waals surface area contributed by atoms with E-state index in [1.54, 1.807) is 0 Å². The van der Waals surface area contributed by atoms with Gasteiger partial charge >= 0.3 is 0 Å². The number of aliphatic hydroxyl groups excluding tert-OH is 1. The normalized spacial score (nSPS) is 43.3. The third-order valence-corrected chi connectivity index (χ3v) is 12.8. The summed E-state index contributed by atoms with van der Waals surface area (Å²) in [5.41, 5.74) is 0.278. The van der Waals surface area contributed by atoms with Gasteiger partial charge in [0.15, 0.2) is 0 Å². The van der Waals surface area contributed by atoms with E-state index < -0.39 is 9.84 Å². The average Bonchev–Trinajstić information content (AvgIpc) is 3.16. The maximum absolute atomic E-state index is 14.1. The highest BCUT2D eigenvalue weighted by Crippen LogP contribution is 2.68. The Morgan fingerprint density at radius 2 is 1.70 bits per heavy atom. The fourth-order valence-corrected chi connectivity index (χ4v) is 10.4. The van der Waals surface area contributed by atoms with E-state index in [-0.39, 0.29) is 52.9 Å². The second-order valence-corrected chi connectivity index (χ2v) is 16.2. The van der Waals surface area contributed by atoms with Crippen LogP contribution in [0.4, 0.5) is 0 Å². The summed E-state index contributed by atoms with van der Waals surface area (Å²) in [4.78, 5) is 26.8. The molecule has 37 heavy (non-hydrogen) atoms. The number of fused-ring (bicyclic) bond motifs is 5. The van der Waals surface area contributed by atoms with Crippen molar-refractivity contribution in [3.63, 3.8) is 0 Å². The smallest absolute Gasteiger partial charge is 0.222 e. The first-order chi connectivity index (χ1) is 17.2. The number of sulfone groups is 1. The first-order valence-electron chi connectivity index (χ1n) is 14.9. The molecule has 4 saturated carbocycles. The van der Waals surface area contributed by atoms with Gasteiger partial charge in [0.1, 0.15) is 15.6 Å². The molecule has 4 fully saturated rings. The molecule has 0 saturated heterocycles. The number of ketones is 1. The van der Waals surface area contributed by atoms with Crippen molar-refractivity contribution >= 4 is 21.5 Å². The number of carbonyl (C=O) groups is 2. The van der Waals surface area contributed by atoms with E-state index in [2.05, 4.69) is 33.0 Å². The standard InChI is InChI=1S/C30H51NO5S/c1-7-21-25-17-20(32)10-12-30(25,5)24-11-13-29(4)22(8-9-23(29)26(24)27(21)33)18(2)16-19(3)28(34)31-14-15-37(6,35)36/h18-26,32H,7-17H2,1-6H3,(H,31,34)/t18-,19+,20-,21-,22-,23?,24?,25?,26?,29-,30-/m1/s1. The molecular formula is C30H51NO5S. The summed E-state index contributed by atoms with van der Waals surface area (Å²) in [6.07, 6.45) is 9.78. The van der Waals surface area contributed by atoms with Crippen LogP contribution in [0, 0.1) is 58.2 Å². The lowest BCUT2D eigenvalue weighted by atomic mass is 9.42. The van der Waals surface area contributed by atoms with Gasteiger partial charge in [-0.05, 0) is 98.2 Å². The molecule has 4 rings (SSSR count). The summed E-state index contributed by atoms with van der Waals surface area (Å²) >= 11 is 0. The summed E-state index contributed by atoms with van der Waals surface area (Å²) < 4.78 is 22.8. The zero-order valence-electron chi connectivity index (χ0n) is 24.0. The van der Waals surface area contributed by atoms with Gasteiger partial charge < -0.3 is 10.4 Å². The third-order valence-electron chi connectivity index (χ3n) is 11.8. The third kappa shape index (κ3) is 5.29. The van der Waals surface area contributed by atoms with Crippen LogP contribution in [0.2, 0.25) is 0 Å². The van der Waals surface area contributed by atoms with Crippen molar-refractivity contribution in [3.8, 4) is 0 Å². The zero-order valence-corrected chi connectivity index (χ0v) is 24.8. The van der Waals surface area contributed by atoms with E-state index in [9.17, 15) is 23.1 Å². The Balaban J connectivity index is 1.47. The molecule has 212 valence electrons. The van der Waals surface area contributed by atoms with Gasteiger partial charge in [0.25, 0.3) is 0 Å². The van der Waals surface area contributed by atoms with Crippen molar-refractivity contribution in [2.45, 2.75) is 98.5 Å². The van der Waals surface area contributed by atoms with E-state index in [4.69, 9.17) is 0 Å². The zero-order chi connectivity index (χ0) is 27.3. The molecule has 0 radical (unpaired) electrons. The van der Waals surface area contributed by atoms with Crippen LogP contribution in [0.25, 0.3) is 0 Å². The van der Waals surface area contributed by atoms with E-state index >= 15 is 0 Å². The Bertz CT molecular complexity index is 980. The minimum atomic E-state index is -3.09. The number of hydrogen-bond donors (Lipinski definition) is 2. The molecule has 7 heteroatoms. The lowest BCUT2D eigenvalue weighted by Crippen LogP contribution is -2.60. The summed E-state index contributed by atoms with van der Waals surface area (Å²) in [7, 11) is -3.09. The summed E-state index contributed by atoms with van der Waals surface area (Å²) in [6.45, 7) is 11.4. The Morgan fingerprint density at radius 3 is 2.35 bits per heavy atom. The van der Waals surface area contributed by atoms with Gasteiger partial charge in [0, 0.05) is 30.6 Å². The van der Waals surface area contributed by atoms with Crippen LogP contribution < -0.4 is 5.32 Å². The minimum Gasteiger partial charge on any atom is -0.393 e. The van der Waals surface area contributed by atoms with E-state index in [0.717, 1.165) is 57.8 Å². The lowest BCUT2D eigenvalue weighted by Gasteiger charge is -2.62. The molecule has 6 nitrogen and oxygen atoms in total. The predicted molar refractivity (Wildman–Crippen MR) is 146 cm³/mol. The Hall–Kier alpha value is -0.950. The molecule has 1 amide bonds. The number of nitrogens with one attached hydrogen (secondary N) is 1. The van der Waals surface area contributed by atoms with Gasteiger partial charge in [0.05, 0.1) is 11.9 Å². The topological polar surface area (TPSA) is 101 Å². The maximum Gasteiger partial charge on any atom is 0.222 e. The molecule has 0 aromatic carbocycles. The van der Waals surface area contributed by atoms with Crippen molar-refractivity contribution in [2.24, 2.45) is 58.2 Å². The summed E-state index contributed by atoms with van der Waals surface area (Å²) in [6, 6.07) is 0. The lowest BCUT2D eigenvalue weighted by molar-refractivity contribution is -0.173. The van der Waals surface area contributed by atoms with Gasteiger partial charge in [-0.2, -0.15) is 0 Å². The van der Waals surface area contributed by atoms with Crippen LogP contribution in [0.3, 0.4) is 0 Å². The average molecular weight is 538 g/mol. The Kier molecular flexibility index (Phi) is 8.28. The molecule has 4 unspecified atom stereocenters. The molecular weight excluding hydrogens is 486 g/mol. The molecule has 2 N–H and O–H groups in total. The molecule has 0 bridgehead atoms. The second-order valence-electron chi connectivity index (χ2n) is 14.0. The largest absolute Gasteiger partial charge is 0.393 e. The van der Waals surface area contributed by atoms with Crippen LogP contribution in [-0.4, -0.2) is 49.9 Å². The van der Waals surface area contributed by atoms with Crippen LogP contribution in [0.5, 0.6) is 0 Å². The Labute approximate surface area is 225 Å². The van der Waals surface area contributed by atoms with Crippen molar-refractivity contribution < 1.29 is 23.1 Å². The molecule has 0 heterocycles. The summed E-state index contributed by atoms with van der Waals surface area (Å²) in [5, 5.41) is 13.3. The maximum atomic E-state index is 14.1. The van der Waals surface area contributed by atoms with Gasteiger partial charge in [-0.3, -0.25) is 9.59 Å². The number of rotatable bonds is 8. The molecule has 0 aromatic rings. The fraction of sp³-hybridized carbons (Fsp3) is 0.933. The Morgan fingerprint density at radius 1 is 1.05 bits per heavy atom. The molecule has 11 atom stereocenters. The van der Waals surface area contributed by atoms with Gasteiger partial charge in [-0.1, -0.05) is 34.6 Å². The minimum absolute atomic E-state index is 0.0303. The van der Waals surface area contributed by atoms with Crippen molar-refractivity contribution in [2.75, 3.05) is 18.6 Å². The van der Waals surface area contributed by atoms with Crippen molar-refractivity contribution in [1.82, 2.24) is 5.32 Å². The van der Waals surface area contributed by atoms with Crippen molar-refractivity contribution in [3.05, 3.63) is 0 Å². The molecule has 4 aliphatic rings. The first kappa shape index (κ1) is 29.0. The molecule has 0 aromatic heterocycles. The highest BCUT2D eigenvalue weighted by Gasteiger charge is 2.65. The number of hydrogen-bond acceptors (Lipinski definition) is 5. The summed E-state index contributed by atoms with van der Waals surface area (Å²) in [5.74, 6) is 2.50. The van der Waals surface area contributed by atoms with Gasteiger partial charge in [-0.25, -0.2) is 8.42 Å². The van der Waals surface area contributed by atoms with E-state index in [1.165, 1.54) is 6.26 Å². The fourth-order valence-electron chi connectivity index (χ4n) is 9.97. The first-order valence-corrected chi connectivity index (χ1v) is 17.0. The van der Waals surface area contributed by atoms with Crippen LogP contribution in [0.15, 0.2) is 0 Å². The molecule has 0 aliphatic heterocycles. The monoisotopic (exact) mass is 537 g/mol. The molecule has 4 aliphatic carbocycles. The number of carbonyl (C=O) groups excluding carboxylic acids is 2. The molecule has 0 spiro atoms. The van der Waals surface area contributed by atoms with Crippen molar-refractivity contribution in [1.29, 1.82) is 0 Å². The van der Waals surface area contributed by atoms with Crippen LogP contribution in [0.1, 0.15) is 92.4 Å². The highest BCUT2D eigenvalue weighted by molar-refractivity contribution is 7.90. The quantitative estimate of drug-likeness (QED) is 0.470. The number of amides is 1. The SMILES string of the molecule is CC[C@H]1C(=O)C2C(CC[C@@]3(C)C2CC[C@@H]3[C@H](C)C[C@H](C)C(=O)NCCS(C)(=O)=O)[C@@]2(C)CC[C@@H](O)CC12. The number of Topliss-reactive ketones (excluding diaryl/α,β-unsaturated/α-hetero) is 1. The van der Waals surface area contributed by atoms with E-state index in [1.807, 2.05) is 6.92 Å². The highest BCUT2D eigenvalue weighted by atomic mass is 32.2. The van der Waals surface area contributed by atoms with Crippen LogP contribution in [-0.2, 0) is 19.4 Å². The van der Waals surface area contributed by atoms with Gasteiger partial charge in [0.2, 0.25) is 5.91 Å². The van der Waals surface area contributed by atoms with Gasteiger partial charge in [-0.15, -0.1) is 0 Å². The van der Waals surface area contributed by atoms with E-state index in [0.29, 0.717) is 35.4 Å². The second kappa shape index (κ2) is 10.6. The van der Waals surface area contributed by atoms with Crippen LogP contribution >= 0.6 is 0 Å². The predicted octanol–water partition coefficient (Wildman–Crippen LogP) is 4.64. The number of aliphatic hydroxyl groups is 1.